The molecule has 0 aliphatic carbocycles. The van der Waals surface area contributed by atoms with E-state index in [1.807, 2.05) is 76.2 Å². The highest BCUT2D eigenvalue weighted by molar-refractivity contribution is 7.80. The minimum absolute atomic E-state index is 0.0827. The van der Waals surface area contributed by atoms with Gasteiger partial charge in [-0.25, -0.2) is 0 Å². The minimum Gasteiger partial charge on any atom is -0.497 e. The molecule has 0 amide bonds. The third kappa shape index (κ3) is 9.06. The molecule has 0 heterocycles. The van der Waals surface area contributed by atoms with E-state index in [-0.39, 0.29) is 18.0 Å². The number of hydrogen-bond acceptors (Lipinski definition) is 5. The van der Waals surface area contributed by atoms with E-state index < -0.39 is 0 Å². The largest absolute Gasteiger partial charge is 0.497 e. The Morgan fingerprint density at radius 1 is 0.781 bits per heavy atom. The average Bonchev–Trinajstić information content (AvgIpc) is 2.73. The molecule has 0 aromatic heterocycles. The zero-order chi connectivity index (χ0) is 23.5. The number of benzene rings is 3. The maximum Gasteiger partial charge on any atom is 0.167 e. The SMILES string of the molecule is CC(C)Oc1cccc(S)c1.COc1ccc(C(=O)Cc2cccc(OC(C)C)c2)cc1. The predicted octanol–water partition coefficient (Wildman–Crippen LogP) is 6.67. The fourth-order valence-corrected chi connectivity index (χ4v) is 3.11. The van der Waals surface area contributed by atoms with E-state index in [0.29, 0.717) is 12.0 Å². The summed E-state index contributed by atoms with van der Waals surface area (Å²) in [6.07, 6.45) is 0.712. The monoisotopic (exact) mass is 452 g/mol. The summed E-state index contributed by atoms with van der Waals surface area (Å²) >= 11 is 4.20. The Balaban J connectivity index is 0.000000278. The van der Waals surface area contributed by atoms with Crippen LogP contribution in [0.3, 0.4) is 0 Å². The molecule has 3 aromatic rings. The van der Waals surface area contributed by atoms with Gasteiger partial charge in [-0.3, -0.25) is 4.79 Å². The fraction of sp³-hybridized carbons (Fsp3) is 0.296. The molecule has 0 radical (unpaired) electrons. The van der Waals surface area contributed by atoms with Crippen LogP contribution in [0.4, 0.5) is 0 Å². The first-order valence-corrected chi connectivity index (χ1v) is 11.1. The first-order valence-electron chi connectivity index (χ1n) is 10.7. The molecule has 0 unspecified atom stereocenters. The van der Waals surface area contributed by atoms with Gasteiger partial charge in [0.1, 0.15) is 17.2 Å². The second-order valence-corrected chi connectivity index (χ2v) is 8.32. The van der Waals surface area contributed by atoms with Gasteiger partial charge in [0.2, 0.25) is 0 Å². The van der Waals surface area contributed by atoms with Gasteiger partial charge in [0, 0.05) is 16.9 Å². The van der Waals surface area contributed by atoms with Gasteiger partial charge in [0.25, 0.3) is 0 Å². The lowest BCUT2D eigenvalue weighted by Gasteiger charge is -2.10. The zero-order valence-electron chi connectivity index (χ0n) is 19.4. The lowest BCUT2D eigenvalue weighted by atomic mass is 10.0. The van der Waals surface area contributed by atoms with E-state index in [1.165, 1.54) is 0 Å². The number of carbonyl (C=O) groups excluding carboxylic acids is 1. The highest BCUT2D eigenvalue weighted by Crippen LogP contribution is 2.18. The van der Waals surface area contributed by atoms with Crippen molar-refractivity contribution in [3.05, 3.63) is 83.9 Å². The molecule has 170 valence electrons. The topological polar surface area (TPSA) is 44.8 Å². The van der Waals surface area contributed by atoms with Crippen molar-refractivity contribution in [1.29, 1.82) is 0 Å². The van der Waals surface area contributed by atoms with Crippen LogP contribution in [0.2, 0.25) is 0 Å². The van der Waals surface area contributed by atoms with Crippen LogP contribution in [0, 0.1) is 0 Å². The molecule has 0 spiro atoms. The van der Waals surface area contributed by atoms with Crippen LogP contribution in [-0.2, 0) is 6.42 Å². The maximum atomic E-state index is 12.3. The van der Waals surface area contributed by atoms with E-state index in [2.05, 4.69) is 12.6 Å². The van der Waals surface area contributed by atoms with Gasteiger partial charge in [-0.05, 0) is 87.9 Å². The molecule has 0 fully saturated rings. The Bertz CT molecular complexity index is 981. The first kappa shape index (κ1) is 25.3. The molecule has 0 bridgehead atoms. The summed E-state index contributed by atoms with van der Waals surface area (Å²) < 4.78 is 16.2. The average molecular weight is 453 g/mol. The van der Waals surface area contributed by atoms with Crippen LogP contribution < -0.4 is 14.2 Å². The molecule has 0 atom stereocenters. The summed E-state index contributed by atoms with van der Waals surface area (Å²) in [7, 11) is 1.61. The summed E-state index contributed by atoms with van der Waals surface area (Å²) in [4.78, 5) is 13.2. The summed E-state index contributed by atoms with van der Waals surface area (Å²) in [6, 6.07) is 22.5. The van der Waals surface area contributed by atoms with Crippen molar-refractivity contribution in [2.45, 2.75) is 51.2 Å². The number of hydrogen-bond donors (Lipinski definition) is 1. The van der Waals surface area contributed by atoms with Crippen LogP contribution >= 0.6 is 12.6 Å². The van der Waals surface area contributed by atoms with Gasteiger partial charge in [-0.1, -0.05) is 18.2 Å². The van der Waals surface area contributed by atoms with Gasteiger partial charge in [0.15, 0.2) is 5.78 Å². The summed E-state index contributed by atoms with van der Waals surface area (Å²) in [6.45, 7) is 7.97. The van der Waals surface area contributed by atoms with Gasteiger partial charge in [0.05, 0.1) is 19.3 Å². The number of rotatable bonds is 8. The second-order valence-electron chi connectivity index (χ2n) is 7.81. The Hall–Kier alpha value is -2.92. The van der Waals surface area contributed by atoms with Crippen molar-refractivity contribution in [2.75, 3.05) is 7.11 Å². The van der Waals surface area contributed by atoms with Crippen LogP contribution in [0.1, 0.15) is 43.6 Å². The molecule has 0 aliphatic rings. The number of ketones is 1. The third-order valence-electron chi connectivity index (χ3n) is 4.24. The number of methoxy groups -OCH3 is 1. The first-order chi connectivity index (χ1) is 15.3. The summed E-state index contributed by atoms with van der Waals surface area (Å²) in [5.41, 5.74) is 1.64. The van der Waals surface area contributed by atoms with Crippen molar-refractivity contribution < 1.29 is 19.0 Å². The second kappa shape index (κ2) is 12.8. The molecule has 5 heteroatoms. The Morgan fingerprint density at radius 2 is 1.34 bits per heavy atom. The minimum atomic E-state index is 0.0827. The van der Waals surface area contributed by atoms with Crippen molar-refractivity contribution >= 4 is 18.4 Å². The molecular formula is C27H32O4S. The van der Waals surface area contributed by atoms with Gasteiger partial charge >= 0.3 is 0 Å². The van der Waals surface area contributed by atoms with Crippen molar-refractivity contribution in [2.24, 2.45) is 0 Å². The lowest BCUT2D eigenvalue weighted by Crippen LogP contribution is -2.07. The van der Waals surface area contributed by atoms with E-state index in [0.717, 1.165) is 27.7 Å². The Morgan fingerprint density at radius 3 is 1.88 bits per heavy atom. The third-order valence-corrected chi connectivity index (χ3v) is 4.51. The van der Waals surface area contributed by atoms with Crippen molar-refractivity contribution in [3.8, 4) is 17.2 Å². The molecule has 0 saturated heterocycles. The fourth-order valence-electron chi connectivity index (χ4n) is 2.89. The highest BCUT2D eigenvalue weighted by atomic mass is 32.1. The van der Waals surface area contributed by atoms with E-state index in [9.17, 15) is 4.79 Å². The van der Waals surface area contributed by atoms with Crippen LogP contribution in [0.5, 0.6) is 17.2 Å². The highest BCUT2D eigenvalue weighted by Gasteiger charge is 2.08. The standard InChI is InChI=1S/C18H20O3.C9H12OS/c1-13(2)21-17-6-4-5-14(11-17)12-18(19)15-7-9-16(20-3)10-8-15;1-7(2)10-8-4-3-5-9(11)6-8/h4-11,13H,12H2,1-3H3;3-7,11H,1-2H3. The molecule has 0 aliphatic heterocycles. The molecule has 3 rings (SSSR count). The number of Topliss-reactive ketones (excluding diaryl/α,β-unsaturated/α-hetero) is 1. The quantitative estimate of drug-likeness (QED) is 0.306. The van der Waals surface area contributed by atoms with Crippen molar-refractivity contribution in [3.63, 3.8) is 0 Å². The van der Waals surface area contributed by atoms with E-state index >= 15 is 0 Å². The normalized spacial score (nSPS) is 10.4. The van der Waals surface area contributed by atoms with Crippen LogP contribution in [0.15, 0.2) is 77.7 Å². The Labute approximate surface area is 196 Å². The van der Waals surface area contributed by atoms with Crippen molar-refractivity contribution in [1.82, 2.24) is 0 Å². The van der Waals surface area contributed by atoms with Gasteiger partial charge < -0.3 is 14.2 Å². The van der Waals surface area contributed by atoms with Crippen LogP contribution in [0.25, 0.3) is 0 Å². The summed E-state index contributed by atoms with van der Waals surface area (Å²) in [5, 5.41) is 0. The smallest absolute Gasteiger partial charge is 0.167 e. The van der Waals surface area contributed by atoms with E-state index in [1.54, 1.807) is 31.4 Å². The lowest BCUT2D eigenvalue weighted by molar-refractivity contribution is 0.0993. The number of thiol groups is 1. The summed E-state index contributed by atoms with van der Waals surface area (Å²) in [5.74, 6) is 2.51. The van der Waals surface area contributed by atoms with E-state index in [4.69, 9.17) is 14.2 Å². The van der Waals surface area contributed by atoms with Gasteiger partial charge in [-0.2, -0.15) is 0 Å². The molecule has 32 heavy (non-hydrogen) atoms. The van der Waals surface area contributed by atoms with Gasteiger partial charge in [-0.15, -0.1) is 12.6 Å². The molecule has 4 nitrogen and oxygen atoms in total. The number of carbonyl (C=O) groups is 1. The Kier molecular flexibility index (Phi) is 10.2. The zero-order valence-corrected chi connectivity index (χ0v) is 20.3. The predicted molar refractivity (Wildman–Crippen MR) is 133 cm³/mol. The molecule has 0 saturated carbocycles. The molecular weight excluding hydrogens is 420 g/mol. The van der Waals surface area contributed by atoms with Crippen LogP contribution in [-0.4, -0.2) is 25.1 Å². The number of ether oxygens (including phenoxy) is 3. The maximum absolute atomic E-state index is 12.3. The molecule has 3 aromatic carbocycles. The molecule has 0 N–H and O–H groups in total.